The second-order valence-corrected chi connectivity index (χ2v) is 7.78. The number of amides is 1. The lowest BCUT2D eigenvalue weighted by atomic mass is 10.2. The number of nitrogens with two attached hydrogens (primary N) is 1. The van der Waals surface area contributed by atoms with Crippen LogP contribution < -0.4 is 10.7 Å². The molecule has 27 heavy (non-hydrogen) atoms. The van der Waals surface area contributed by atoms with Gasteiger partial charge in [-0.05, 0) is 18.2 Å². The van der Waals surface area contributed by atoms with Crippen molar-refractivity contribution < 1.29 is 9.78 Å². The number of H-pyrrole nitrogens is 1. The van der Waals surface area contributed by atoms with Crippen molar-refractivity contribution in [3.63, 3.8) is 0 Å². The van der Waals surface area contributed by atoms with E-state index >= 15 is 0 Å². The van der Waals surface area contributed by atoms with E-state index in [0.717, 1.165) is 15.2 Å². The van der Waals surface area contributed by atoms with Gasteiger partial charge >= 0.3 is 0 Å². The van der Waals surface area contributed by atoms with Crippen molar-refractivity contribution in [1.82, 2.24) is 9.88 Å². The van der Waals surface area contributed by atoms with Crippen LogP contribution in [0.15, 0.2) is 35.4 Å². The van der Waals surface area contributed by atoms with E-state index in [4.69, 9.17) is 11.0 Å². The summed E-state index contributed by atoms with van der Waals surface area (Å²) < 4.78 is 1.09. The summed E-state index contributed by atoms with van der Waals surface area (Å²) in [5.41, 5.74) is 7.17. The minimum absolute atomic E-state index is 0.0977. The van der Waals surface area contributed by atoms with E-state index in [-0.39, 0.29) is 28.6 Å². The fourth-order valence-electron chi connectivity index (χ4n) is 2.36. The van der Waals surface area contributed by atoms with Crippen LogP contribution in [0.5, 0.6) is 0 Å². The monoisotopic (exact) mass is 395 g/mol. The van der Waals surface area contributed by atoms with E-state index in [0.29, 0.717) is 11.6 Å². The van der Waals surface area contributed by atoms with Crippen LogP contribution in [0.2, 0.25) is 0 Å². The molecule has 0 spiro atoms. The Labute approximate surface area is 164 Å². The number of pyridine rings is 1. The number of hydrogen-bond acceptors (Lipinski definition) is 7. The highest BCUT2D eigenvalue weighted by molar-refractivity contribution is 7.99. The summed E-state index contributed by atoms with van der Waals surface area (Å²) >= 11 is 2.74. The van der Waals surface area contributed by atoms with Gasteiger partial charge in [0.2, 0.25) is 5.91 Å². The fourth-order valence-corrected chi connectivity index (χ4v) is 4.31. The highest BCUT2D eigenvalue weighted by Crippen LogP contribution is 2.23. The van der Waals surface area contributed by atoms with Crippen LogP contribution in [0.4, 0.5) is 5.82 Å². The Bertz CT molecular complexity index is 1060. The van der Waals surface area contributed by atoms with Gasteiger partial charge in [0, 0.05) is 7.05 Å². The highest BCUT2D eigenvalue weighted by atomic mass is 32.2. The Morgan fingerprint density at radius 1 is 1.33 bits per heavy atom. The molecule has 3 aromatic rings. The number of nitrogen functional groups attached to an aromatic ring is 1. The quantitative estimate of drug-likeness (QED) is 0.661. The standard InChI is InChI=1S/C18H14N6OS2/c1-24(9-15-22-13-4-2-3-5-14(13)27-15)16(25)10-26-18-12(8-20)6-11(7-19)17(21)23-18/h2-6H,9-10H2,1H3,(H2,21,23)/p+1. The number of carbonyl (C=O) groups excluding carboxylic acids is 1. The Balaban J connectivity index is 1.66. The molecular weight excluding hydrogens is 380 g/mol. The molecule has 3 N–H and O–H groups in total. The average Bonchev–Trinajstić information content (AvgIpc) is 3.08. The maximum absolute atomic E-state index is 12.4. The lowest BCUT2D eigenvalue weighted by molar-refractivity contribution is -0.410. The normalized spacial score (nSPS) is 10.3. The van der Waals surface area contributed by atoms with Gasteiger partial charge in [0.1, 0.15) is 28.3 Å². The SMILES string of the molecule is CN(Cc1nc2ccccc2s1)C(=O)CSc1[nH+]c(N)c(C#N)cc1C#N. The number of para-hydroxylation sites is 1. The number of nitrogens with one attached hydrogen (secondary N) is 1. The topological polar surface area (TPSA) is 121 Å². The van der Waals surface area contributed by atoms with Crippen LogP contribution in [0.1, 0.15) is 16.1 Å². The van der Waals surface area contributed by atoms with E-state index in [1.165, 1.54) is 17.8 Å². The second-order valence-electron chi connectivity index (χ2n) is 5.68. The molecule has 0 saturated heterocycles. The van der Waals surface area contributed by atoms with Crippen molar-refractivity contribution >= 4 is 45.0 Å². The molecule has 0 bridgehead atoms. The molecule has 0 saturated carbocycles. The number of benzene rings is 1. The zero-order valence-corrected chi connectivity index (χ0v) is 16.0. The average molecular weight is 395 g/mol. The first kappa shape index (κ1) is 18.6. The van der Waals surface area contributed by atoms with Crippen molar-refractivity contribution in [3.05, 3.63) is 46.5 Å². The van der Waals surface area contributed by atoms with Gasteiger partial charge in [0.25, 0.3) is 5.82 Å². The van der Waals surface area contributed by atoms with Crippen molar-refractivity contribution in [2.45, 2.75) is 11.6 Å². The van der Waals surface area contributed by atoms with Gasteiger partial charge in [-0.15, -0.1) is 11.3 Å². The van der Waals surface area contributed by atoms with Crippen LogP contribution in [-0.4, -0.2) is 28.6 Å². The second kappa shape index (κ2) is 8.04. The molecule has 0 aliphatic heterocycles. The maximum Gasteiger partial charge on any atom is 0.289 e. The zero-order chi connectivity index (χ0) is 19.4. The summed E-state index contributed by atoms with van der Waals surface area (Å²) in [6.45, 7) is 0.420. The van der Waals surface area contributed by atoms with Crippen molar-refractivity contribution in [2.75, 3.05) is 18.5 Å². The first-order valence-electron chi connectivity index (χ1n) is 7.89. The van der Waals surface area contributed by atoms with E-state index in [1.54, 1.807) is 23.3 Å². The van der Waals surface area contributed by atoms with Gasteiger partial charge in [-0.2, -0.15) is 10.5 Å². The summed E-state index contributed by atoms with van der Waals surface area (Å²) in [4.78, 5) is 21.4. The number of nitrogens with zero attached hydrogens (tertiary/aromatic N) is 4. The summed E-state index contributed by atoms with van der Waals surface area (Å²) in [6.07, 6.45) is 0. The van der Waals surface area contributed by atoms with Crippen molar-refractivity contribution in [2.24, 2.45) is 0 Å². The third kappa shape index (κ3) is 4.17. The van der Waals surface area contributed by atoms with Crippen molar-refractivity contribution in [3.8, 4) is 12.1 Å². The van der Waals surface area contributed by atoms with E-state index in [2.05, 4.69) is 9.97 Å². The Kier molecular flexibility index (Phi) is 5.55. The molecule has 0 aliphatic carbocycles. The van der Waals surface area contributed by atoms with Gasteiger partial charge in [-0.25, -0.2) is 9.97 Å². The fraction of sp³-hybridized carbons (Fsp3) is 0.167. The molecule has 0 aliphatic rings. The molecule has 0 unspecified atom stereocenters. The smallest absolute Gasteiger partial charge is 0.289 e. The van der Waals surface area contributed by atoms with Gasteiger partial charge < -0.3 is 4.90 Å². The van der Waals surface area contributed by atoms with E-state index in [9.17, 15) is 10.1 Å². The summed E-state index contributed by atoms with van der Waals surface area (Å²) in [6, 6.07) is 13.2. The van der Waals surface area contributed by atoms with Gasteiger partial charge in [0.15, 0.2) is 5.03 Å². The van der Waals surface area contributed by atoms with Crippen LogP contribution in [0.25, 0.3) is 10.2 Å². The molecular formula is C18H15N6OS2+. The van der Waals surface area contributed by atoms with Gasteiger partial charge in [-0.1, -0.05) is 23.9 Å². The Morgan fingerprint density at radius 2 is 2.07 bits per heavy atom. The van der Waals surface area contributed by atoms with Crippen molar-refractivity contribution in [1.29, 1.82) is 10.5 Å². The van der Waals surface area contributed by atoms with Crippen LogP contribution in [0.3, 0.4) is 0 Å². The number of fused-ring (bicyclic) bond motifs is 1. The lowest BCUT2D eigenvalue weighted by Crippen LogP contribution is -2.28. The first-order valence-corrected chi connectivity index (χ1v) is 9.69. The third-order valence-electron chi connectivity index (χ3n) is 3.79. The number of carbonyl (C=O) groups is 1. The molecule has 0 atom stereocenters. The number of thioether (sulfide) groups is 1. The summed E-state index contributed by atoms with van der Waals surface area (Å²) in [5, 5.41) is 19.5. The van der Waals surface area contributed by atoms with E-state index in [1.807, 2.05) is 36.4 Å². The maximum atomic E-state index is 12.4. The van der Waals surface area contributed by atoms with Crippen LogP contribution in [0, 0.1) is 22.7 Å². The number of nitriles is 2. The molecule has 0 fully saturated rings. The molecule has 2 aromatic heterocycles. The molecule has 7 nitrogen and oxygen atoms in total. The highest BCUT2D eigenvalue weighted by Gasteiger charge is 2.18. The molecule has 9 heteroatoms. The van der Waals surface area contributed by atoms with Gasteiger partial charge in [-0.3, -0.25) is 10.5 Å². The number of aromatic nitrogens is 2. The molecule has 1 aromatic carbocycles. The predicted molar refractivity (Wildman–Crippen MR) is 104 cm³/mol. The number of hydrogen-bond donors (Lipinski definition) is 1. The Morgan fingerprint density at radius 3 is 2.78 bits per heavy atom. The largest absolute Gasteiger partial charge is 0.338 e. The Hall–Kier alpha value is -3.14. The lowest BCUT2D eigenvalue weighted by Gasteiger charge is -2.15. The number of rotatable bonds is 5. The van der Waals surface area contributed by atoms with Gasteiger partial charge in [0.05, 0.1) is 22.5 Å². The zero-order valence-electron chi connectivity index (χ0n) is 14.4. The number of aromatic amines is 1. The number of thiazole rings is 1. The molecule has 134 valence electrons. The summed E-state index contributed by atoms with van der Waals surface area (Å²) in [5.74, 6) is 0.214. The summed E-state index contributed by atoms with van der Waals surface area (Å²) in [7, 11) is 1.72. The third-order valence-corrected chi connectivity index (χ3v) is 5.81. The minimum Gasteiger partial charge on any atom is -0.338 e. The number of anilines is 1. The molecule has 1 amide bonds. The minimum atomic E-state index is -0.0977. The predicted octanol–water partition coefficient (Wildman–Crippen LogP) is 2.19. The van der Waals surface area contributed by atoms with E-state index < -0.39 is 0 Å². The molecule has 0 radical (unpaired) electrons. The van der Waals surface area contributed by atoms with Crippen LogP contribution in [-0.2, 0) is 11.3 Å². The first-order chi connectivity index (χ1) is 13.0. The molecule has 3 rings (SSSR count). The molecule has 2 heterocycles. The van der Waals surface area contributed by atoms with Crippen LogP contribution >= 0.6 is 23.1 Å².